The van der Waals surface area contributed by atoms with Crippen molar-refractivity contribution in [2.75, 3.05) is 4.90 Å². The van der Waals surface area contributed by atoms with Crippen LogP contribution in [-0.4, -0.2) is 0 Å². The van der Waals surface area contributed by atoms with Crippen LogP contribution < -0.4 is 4.90 Å². The first-order valence-electron chi connectivity index (χ1n) is 21.2. The minimum absolute atomic E-state index is 0.0680. The molecule has 0 fully saturated rings. The summed E-state index contributed by atoms with van der Waals surface area (Å²) in [5.41, 5.74) is 20.0. The molecule has 0 bridgehead atoms. The molecule has 0 unspecified atom stereocenters. The van der Waals surface area contributed by atoms with Crippen LogP contribution in [0.2, 0.25) is 0 Å². The van der Waals surface area contributed by atoms with Crippen LogP contribution in [0.15, 0.2) is 231 Å². The van der Waals surface area contributed by atoms with Gasteiger partial charge in [0.25, 0.3) is 0 Å². The van der Waals surface area contributed by atoms with E-state index in [1.54, 1.807) is 0 Å². The van der Waals surface area contributed by atoms with Gasteiger partial charge in [0.05, 0.1) is 5.41 Å². The fourth-order valence-corrected chi connectivity index (χ4v) is 10.1. The van der Waals surface area contributed by atoms with E-state index in [0.717, 1.165) is 28.2 Å². The molecule has 1 nitrogen and oxygen atoms in total. The number of benzene rings is 8. The van der Waals surface area contributed by atoms with Gasteiger partial charge in [0.15, 0.2) is 0 Å². The Bertz CT molecular complexity index is 2980. The van der Waals surface area contributed by atoms with Gasteiger partial charge in [-0.1, -0.05) is 215 Å². The lowest BCUT2D eigenvalue weighted by atomic mass is 9.67. The van der Waals surface area contributed by atoms with Crippen LogP contribution in [0.4, 0.5) is 11.4 Å². The molecule has 0 aromatic heterocycles. The molecule has 2 aliphatic rings. The van der Waals surface area contributed by atoms with E-state index in [1.807, 2.05) is 18.2 Å². The van der Waals surface area contributed by atoms with Gasteiger partial charge in [0, 0.05) is 22.5 Å². The van der Waals surface area contributed by atoms with E-state index < -0.39 is 5.41 Å². The van der Waals surface area contributed by atoms with Crippen molar-refractivity contribution in [1.29, 1.82) is 0 Å². The second-order valence-corrected chi connectivity index (χ2v) is 16.5. The van der Waals surface area contributed by atoms with Crippen molar-refractivity contribution in [2.24, 2.45) is 0 Å². The molecule has 61 heavy (non-hydrogen) atoms. The number of hydrogen-bond acceptors (Lipinski definition) is 1. The number of fused-ring (bicyclic) bond motifs is 6. The summed E-state index contributed by atoms with van der Waals surface area (Å²) in [6, 6.07) is 71.2. The molecule has 0 saturated carbocycles. The maximum atomic E-state index is 4.44. The van der Waals surface area contributed by atoms with E-state index >= 15 is 0 Å². The monoisotopic (exact) mass is 781 g/mol. The van der Waals surface area contributed by atoms with Crippen molar-refractivity contribution in [2.45, 2.75) is 24.7 Å². The lowest BCUT2D eigenvalue weighted by molar-refractivity contribution is 0.660. The van der Waals surface area contributed by atoms with Crippen molar-refractivity contribution in [3.8, 4) is 33.4 Å². The molecule has 0 N–H and O–H groups in total. The predicted octanol–water partition coefficient (Wildman–Crippen LogP) is 15.6. The second-order valence-electron chi connectivity index (χ2n) is 16.5. The highest BCUT2D eigenvalue weighted by molar-refractivity contribution is 5.94. The number of nitrogens with zero attached hydrogens (tertiary/aromatic N) is 1. The summed E-state index contributed by atoms with van der Waals surface area (Å²) < 4.78 is 0. The highest BCUT2D eigenvalue weighted by Crippen LogP contribution is 2.57. The molecule has 0 aliphatic heterocycles. The average Bonchev–Trinajstić information content (AvgIpc) is 3.74. The SMILES string of the molecule is C=C/C=C\c1ccccc1/C=C(\C=C)N(c1ccc(-c2cccc3c2-c2ccccc2C3(C)C)cc1)c1ccc2c(c1)C(c1ccccc1)(c1ccccc1)c1ccccc1-2. The first kappa shape index (κ1) is 37.8. The van der Waals surface area contributed by atoms with Gasteiger partial charge in [-0.15, -0.1) is 0 Å². The molecule has 8 aromatic rings. The topological polar surface area (TPSA) is 3.24 Å². The molecule has 8 aromatic carbocycles. The van der Waals surface area contributed by atoms with Crippen molar-refractivity contribution in [3.63, 3.8) is 0 Å². The Hall–Kier alpha value is -7.48. The van der Waals surface area contributed by atoms with Crippen LogP contribution in [-0.2, 0) is 10.8 Å². The molecular formula is C60H47N. The lowest BCUT2D eigenvalue weighted by Gasteiger charge is -2.35. The molecule has 292 valence electrons. The largest absolute Gasteiger partial charge is 0.310 e. The van der Waals surface area contributed by atoms with Crippen molar-refractivity contribution in [1.82, 2.24) is 0 Å². The molecule has 0 heterocycles. The van der Waals surface area contributed by atoms with E-state index in [0.29, 0.717) is 0 Å². The van der Waals surface area contributed by atoms with Crippen LogP contribution in [0, 0.1) is 0 Å². The Morgan fingerprint density at radius 3 is 1.72 bits per heavy atom. The van der Waals surface area contributed by atoms with Crippen LogP contribution >= 0.6 is 0 Å². The summed E-state index contributed by atoms with van der Waals surface area (Å²) in [6.45, 7) is 13.1. The number of rotatable bonds is 10. The maximum absolute atomic E-state index is 4.44. The molecule has 0 amide bonds. The highest BCUT2D eigenvalue weighted by atomic mass is 15.1. The van der Waals surface area contributed by atoms with E-state index in [2.05, 4.69) is 238 Å². The minimum atomic E-state index is -0.530. The Kier molecular flexibility index (Phi) is 9.46. The van der Waals surface area contributed by atoms with Crippen LogP contribution in [0.3, 0.4) is 0 Å². The third kappa shape index (κ3) is 6.08. The molecule has 0 saturated heterocycles. The van der Waals surface area contributed by atoms with Crippen molar-refractivity contribution < 1.29 is 0 Å². The average molecular weight is 782 g/mol. The van der Waals surface area contributed by atoms with E-state index in [-0.39, 0.29) is 5.41 Å². The van der Waals surface area contributed by atoms with Gasteiger partial charge in [0.2, 0.25) is 0 Å². The first-order valence-corrected chi connectivity index (χ1v) is 21.2. The predicted molar refractivity (Wildman–Crippen MR) is 259 cm³/mol. The number of anilines is 2. The fourth-order valence-electron chi connectivity index (χ4n) is 10.1. The van der Waals surface area contributed by atoms with Crippen molar-refractivity contribution in [3.05, 3.63) is 276 Å². The molecule has 2 aliphatic carbocycles. The smallest absolute Gasteiger partial charge is 0.0714 e. The van der Waals surface area contributed by atoms with Gasteiger partial charge in [0.1, 0.15) is 0 Å². The van der Waals surface area contributed by atoms with E-state index in [1.165, 1.54) is 66.8 Å². The molecular weight excluding hydrogens is 735 g/mol. The summed E-state index contributed by atoms with van der Waals surface area (Å²) >= 11 is 0. The lowest BCUT2D eigenvalue weighted by Crippen LogP contribution is -2.28. The van der Waals surface area contributed by atoms with Gasteiger partial charge < -0.3 is 4.90 Å². The third-order valence-corrected chi connectivity index (χ3v) is 12.9. The van der Waals surface area contributed by atoms with E-state index in [9.17, 15) is 0 Å². The summed E-state index contributed by atoms with van der Waals surface area (Å²) in [5.74, 6) is 0. The van der Waals surface area contributed by atoms with Crippen LogP contribution in [0.5, 0.6) is 0 Å². The quantitative estimate of drug-likeness (QED) is 0.125. The third-order valence-electron chi connectivity index (χ3n) is 12.9. The minimum Gasteiger partial charge on any atom is -0.310 e. The Labute approximate surface area is 360 Å². The Balaban J connectivity index is 1.19. The zero-order valence-corrected chi connectivity index (χ0v) is 34.7. The van der Waals surface area contributed by atoms with Gasteiger partial charge in [-0.05, 0) is 114 Å². The Morgan fingerprint density at radius 1 is 0.475 bits per heavy atom. The van der Waals surface area contributed by atoms with Gasteiger partial charge in [-0.25, -0.2) is 0 Å². The highest BCUT2D eigenvalue weighted by Gasteiger charge is 2.46. The second kappa shape index (κ2) is 15.3. The Morgan fingerprint density at radius 2 is 1.03 bits per heavy atom. The molecule has 10 rings (SSSR count). The first-order chi connectivity index (χ1) is 29.9. The standard InChI is InChI=1S/C60H47N/c1-5-7-21-42-22-14-15-23-44(42)40-47(6-2)61(48-36-34-43(35-37-48)50-30-20-33-56-58(50)53-29-17-18-31-54(53)59(56,3)4)49-38-39-52-51-28-16-19-32-55(51)60(57(52)41-49,45-24-10-8-11-25-45)46-26-12-9-13-27-46/h5-41H,1-2H2,3-4H3/b21-7-,47-40+. The summed E-state index contributed by atoms with van der Waals surface area (Å²) in [7, 11) is 0. The summed E-state index contributed by atoms with van der Waals surface area (Å²) in [5, 5.41) is 0. The van der Waals surface area contributed by atoms with Crippen molar-refractivity contribution >= 4 is 23.5 Å². The van der Waals surface area contributed by atoms with E-state index in [4.69, 9.17) is 0 Å². The van der Waals surface area contributed by atoms with Crippen LogP contribution in [0.1, 0.15) is 58.4 Å². The maximum Gasteiger partial charge on any atom is 0.0714 e. The normalized spacial score (nSPS) is 14.2. The molecule has 0 radical (unpaired) electrons. The number of allylic oxidation sites excluding steroid dienone is 3. The van der Waals surface area contributed by atoms with Crippen LogP contribution in [0.25, 0.3) is 45.5 Å². The van der Waals surface area contributed by atoms with Gasteiger partial charge >= 0.3 is 0 Å². The molecule has 0 atom stereocenters. The summed E-state index contributed by atoms with van der Waals surface area (Å²) in [4.78, 5) is 2.36. The molecule has 0 spiro atoms. The fraction of sp³-hybridized carbons (Fsp3) is 0.0667. The van der Waals surface area contributed by atoms with Gasteiger partial charge in [-0.2, -0.15) is 0 Å². The zero-order valence-electron chi connectivity index (χ0n) is 34.7. The molecule has 1 heteroatoms. The summed E-state index contributed by atoms with van der Waals surface area (Å²) in [6.07, 6.45) is 10.1. The van der Waals surface area contributed by atoms with Gasteiger partial charge in [-0.3, -0.25) is 0 Å². The zero-order chi connectivity index (χ0) is 41.6. The number of hydrogen-bond donors (Lipinski definition) is 0.